The van der Waals surface area contributed by atoms with Crippen molar-refractivity contribution >= 4 is 23.4 Å². The van der Waals surface area contributed by atoms with Gasteiger partial charge in [-0.25, -0.2) is 0 Å². The van der Waals surface area contributed by atoms with Crippen LogP contribution in [0.25, 0.3) is 0 Å². The molecule has 0 bridgehead atoms. The van der Waals surface area contributed by atoms with Crippen molar-refractivity contribution < 1.29 is 32.6 Å². The van der Waals surface area contributed by atoms with Gasteiger partial charge in [0.15, 0.2) is 0 Å². The van der Waals surface area contributed by atoms with Gasteiger partial charge in [-0.15, -0.1) is 0 Å². The molecule has 10 heteroatoms. The number of piperidine rings is 1. The summed E-state index contributed by atoms with van der Waals surface area (Å²) in [5, 5.41) is 10.9. The van der Waals surface area contributed by atoms with Gasteiger partial charge in [-0.1, -0.05) is 48.9 Å². The topological polar surface area (TPSA) is 70.1 Å². The molecule has 1 N–H and O–H groups in total. The van der Waals surface area contributed by atoms with Gasteiger partial charge in [-0.3, -0.25) is 9.59 Å². The summed E-state index contributed by atoms with van der Waals surface area (Å²) in [6.07, 6.45) is -2.40. The molecule has 2 aromatic carbocycles. The lowest BCUT2D eigenvalue weighted by Gasteiger charge is -2.39. The van der Waals surface area contributed by atoms with Gasteiger partial charge in [-0.05, 0) is 55.7 Å². The quantitative estimate of drug-likeness (QED) is 0.414. The molecule has 1 aliphatic heterocycles. The van der Waals surface area contributed by atoms with E-state index in [0.717, 1.165) is 29.9 Å². The summed E-state index contributed by atoms with van der Waals surface area (Å²) in [4.78, 5) is 27.6. The van der Waals surface area contributed by atoms with E-state index in [0.29, 0.717) is 35.8 Å². The molecule has 0 aliphatic carbocycles. The average Bonchev–Trinajstić information content (AvgIpc) is 2.89. The second-order valence-electron chi connectivity index (χ2n) is 10.0. The normalized spacial score (nSPS) is 17.0. The zero-order valence-corrected chi connectivity index (χ0v) is 22.6. The van der Waals surface area contributed by atoms with Gasteiger partial charge >= 0.3 is 6.18 Å². The van der Waals surface area contributed by atoms with Crippen LogP contribution in [0.15, 0.2) is 48.5 Å². The Morgan fingerprint density at radius 2 is 1.76 bits per heavy atom. The lowest BCUT2D eigenvalue weighted by molar-refractivity contribution is -0.262. The van der Waals surface area contributed by atoms with Crippen LogP contribution in [-0.2, 0) is 10.4 Å². The number of amides is 2. The van der Waals surface area contributed by atoms with Gasteiger partial charge in [0, 0.05) is 32.7 Å². The fraction of sp³-hybridized carbons (Fsp3) is 0.500. The summed E-state index contributed by atoms with van der Waals surface area (Å²) < 4.78 is 47.4. The number of benzene rings is 2. The molecular weight excluding hydrogens is 521 g/mol. The molecule has 0 spiro atoms. The minimum atomic E-state index is -5.14. The highest BCUT2D eigenvalue weighted by molar-refractivity contribution is 6.34. The van der Waals surface area contributed by atoms with Crippen molar-refractivity contribution in [3.63, 3.8) is 0 Å². The minimum Gasteiger partial charge on any atom is -0.494 e. The third-order valence-electron chi connectivity index (χ3n) is 7.19. The molecule has 2 atom stereocenters. The Morgan fingerprint density at radius 1 is 1.13 bits per heavy atom. The van der Waals surface area contributed by atoms with Crippen LogP contribution < -0.4 is 4.74 Å². The third-order valence-corrected chi connectivity index (χ3v) is 7.51. The van der Waals surface area contributed by atoms with Crippen molar-refractivity contribution in [3.05, 3.63) is 64.7 Å². The summed E-state index contributed by atoms with van der Waals surface area (Å²) >= 11 is 6.22. The van der Waals surface area contributed by atoms with Gasteiger partial charge in [-0.2, -0.15) is 13.2 Å². The first-order chi connectivity index (χ1) is 17.9. The number of nitrogens with zero attached hydrogens (tertiary/aromatic N) is 2. The highest BCUT2D eigenvalue weighted by atomic mass is 35.5. The number of carbonyl (C=O) groups excluding carboxylic acids is 2. The molecule has 0 aromatic heterocycles. The molecule has 208 valence electrons. The van der Waals surface area contributed by atoms with Gasteiger partial charge in [0.25, 0.3) is 17.4 Å². The summed E-state index contributed by atoms with van der Waals surface area (Å²) in [6.45, 7) is 2.86. The number of likely N-dealkylation sites (tertiary alicyclic amines) is 1. The van der Waals surface area contributed by atoms with Gasteiger partial charge in [0.1, 0.15) is 5.75 Å². The predicted molar refractivity (Wildman–Crippen MR) is 139 cm³/mol. The van der Waals surface area contributed by atoms with Crippen molar-refractivity contribution in [2.24, 2.45) is 11.8 Å². The molecule has 0 radical (unpaired) electrons. The van der Waals surface area contributed by atoms with Crippen LogP contribution in [0.5, 0.6) is 5.75 Å². The number of halogens is 4. The maximum absolute atomic E-state index is 13.9. The molecule has 1 aliphatic rings. The number of carbonyl (C=O) groups is 2. The Kier molecular flexibility index (Phi) is 9.70. The van der Waals surface area contributed by atoms with E-state index in [1.807, 2.05) is 0 Å². The molecule has 2 aromatic rings. The van der Waals surface area contributed by atoms with Crippen molar-refractivity contribution in [3.8, 4) is 5.75 Å². The zero-order chi connectivity index (χ0) is 28.1. The van der Waals surface area contributed by atoms with Crippen molar-refractivity contribution in [2.45, 2.75) is 44.4 Å². The van der Waals surface area contributed by atoms with Crippen LogP contribution in [0.4, 0.5) is 13.2 Å². The standard InChI is InChI=1S/C28H34ClF3N2O4/c1-19(8-7-17-38-22-11-12-23(24(29)18-22)25(35)33(2)3)20-13-15-34(16-14-20)26(36)27(37,28(30,31)32)21-9-5-4-6-10-21/h4-6,9-12,18-20,37H,7-8,13-17H2,1-3H3/t19-,27?/m1/s1. The number of hydrogen-bond donors (Lipinski definition) is 1. The van der Waals surface area contributed by atoms with E-state index in [-0.39, 0.29) is 30.8 Å². The number of hydrogen-bond acceptors (Lipinski definition) is 4. The molecular formula is C28H34ClF3N2O4. The Balaban J connectivity index is 1.48. The van der Waals surface area contributed by atoms with Crippen molar-refractivity contribution in [1.29, 1.82) is 0 Å². The first kappa shape index (κ1) is 29.8. The Morgan fingerprint density at radius 3 is 2.32 bits per heavy atom. The van der Waals surface area contributed by atoms with Crippen LogP contribution in [0.1, 0.15) is 48.5 Å². The first-order valence-corrected chi connectivity index (χ1v) is 13.0. The molecule has 6 nitrogen and oxygen atoms in total. The highest BCUT2D eigenvalue weighted by Gasteiger charge is 2.62. The summed E-state index contributed by atoms with van der Waals surface area (Å²) in [5.74, 6) is -0.407. The molecule has 1 saturated heterocycles. The number of ether oxygens (including phenoxy) is 1. The number of aliphatic hydroxyl groups is 1. The van der Waals surface area contributed by atoms with Crippen molar-refractivity contribution in [2.75, 3.05) is 33.8 Å². The van der Waals surface area contributed by atoms with E-state index < -0.39 is 23.2 Å². The fourth-order valence-electron chi connectivity index (χ4n) is 4.82. The second-order valence-corrected chi connectivity index (χ2v) is 10.4. The summed E-state index contributed by atoms with van der Waals surface area (Å²) in [6, 6.07) is 11.5. The van der Waals surface area contributed by atoms with Gasteiger partial charge < -0.3 is 19.6 Å². The third kappa shape index (κ3) is 6.61. The molecule has 0 saturated carbocycles. The van der Waals surface area contributed by atoms with Crippen LogP contribution in [0.3, 0.4) is 0 Å². The molecule has 38 heavy (non-hydrogen) atoms. The van der Waals surface area contributed by atoms with Crippen LogP contribution in [0.2, 0.25) is 5.02 Å². The minimum absolute atomic E-state index is 0.159. The predicted octanol–water partition coefficient (Wildman–Crippen LogP) is 5.53. The first-order valence-electron chi connectivity index (χ1n) is 12.6. The highest BCUT2D eigenvalue weighted by Crippen LogP contribution is 2.41. The molecule has 1 unspecified atom stereocenters. The molecule has 2 amide bonds. The smallest absolute Gasteiger partial charge is 0.430 e. The maximum atomic E-state index is 13.9. The van der Waals surface area contributed by atoms with E-state index in [4.69, 9.17) is 16.3 Å². The fourth-order valence-corrected chi connectivity index (χ4v) is 5.07. The summed E-state index contributed by atoms with van der Waals surface area (Å²) in [5.41, 5.74) is -3.64. The molecule has 1 fully saturated rings. The summed E-state index contributed by atoms with van der Waals surface area (Å²) in [7, 11) is 3.30. The van der Waals surface area contributed by atoms with E-state index in [2.05, 4.69) is 6.92 Å². The molecule has 1 heterocycles. The zero-order valence-electron chi connectivity index (χ0n) is 21.8. The largest absolute Gasteiger partial charge is 0.494 e. The van der Waals surface area contributed by atoms with Crippen LogP contribution in [-0.4, -0.2) is 66.7 Å². The van der Waals surface area contributed by atoms with E-state index >= 15 is 0 Å². The SMILES string of the molecule is C[C@H](CCCOc1ccc(C(=O)N(C)C)c(Cl)c1)C1CCN(C(=O)C(O)(c2ccccc2)C(F)(F)F)CC1. The van der Waals surface area contributed by atoms with Crippen LogP contribution in [0, 0.1) is 11.8 Å². The Bertz CT molecular complexity index is 1110. The van der Waals surface area contributed by atoms with E-state index in [9.17, 15) is 27.9 Å². The lowest BCUT2D eigenvalue weighted by Crippen LogP contribution is -2.57. The molecule has 3 rings (SSSR count). The Labute approximate surface area is 226 Å². The van der Waals surface area contributed by atoms with E-state index in [1.54, 1.807) is 32.3 Å². The Hall–Kier alpha value is -2.78. The second kappa shape index (κ2) is 12.4. The van der Waals surface area contributed by atoms with E-state index in [1.165, 1.54) is 23.1 Å². The van der Waals surface area contributed by atoms with Gasteiger partial charge in [0.2, 0.25) is 0 Å². The average molecular weight is 555 g/mol. The lowest BCUT2D eigenvalue weighted by atomic mass is 9.82. The van der Waals surface area contributed by atoms with Crippen LogP contribution >= 0.6 is 11.6 Å². The monoisotopic (exact) mass is 554 g/mol. The van der Waals surface area contributed by atoms with Crippen molar-refractivity contribution in [1.82, 2.24) is 9.80 Å². The maximum Gasteiger partial charge on any atom is 0.430 e. The number of rotatable bonds is 9. The number of alkyl halides is 3. The van der Waals surface area contributed by atoms with Gasteiger partial charge in [0.05, 0.1) is 17.2 Å².